The molecule has 0 fully saturated rings. The zero-order valence-corrected chi connectivity index (χ0v) is 15.1. The first-order valence-electron chi connectivity index (χ1n) is 7.40. The number of hydrogen-bond donors (Lipinski definition) is 3. The molecule has 134 valence electrons. The van der Waals surface area contributed by atoms with Gasteiger partial charge in [0.05, 0.1) is 4.90 Å². The lowest BCUT2D eigenvalue weighted by molar-refractivity contribution is 0.103. The van der Waals surface area contributed by atoms with Gasteiger partial charge in [-0.15, -0.1) is 0 Å². The summed E-state index contributed by atoms with van der Waals surface area (Å²) in [6.07, 6.45) is 1.48. The van der Waals surface area contributed by atoms with Gasteiger partial charge in [0.15, 0.2) is 0 Å². The van der Waals surface area contributed by atoms with Crippen LogP contribution in [0.25, 0.3) is 0 Å². The number of benzene rings is 1. The molecular formula is C16H14N4O4S2. The van der Waals surface area contributed by atoms with Gasteiger partial charge in [0, 0.05) is 17.6 Å². The van der Waals surface area contributed by atoms with Crippen molar-refractivity contribution in [2.45, 2.75) is 11.8 Å². The number of rotatable bonds is 5. The second-order valence-electron chi connectivity index (χ2n) is 5.27. The number of nitrogens with one attached hydrogen (secondary N) is 3. The normalized spacial score (nSPS) is 11.1. The molecule has 0 bridgehead atoms. The van der Waals surface area contributed by atoms with Crippen LogP contribution in [0.1, 0.15) is 15.4 Å². The molecule has 0 radical (unpaired) electrons. The lowest BCUT2D eigenvalue weighted by Crippen LogP contribution is -2.14. The van der Waals surface area contributed by atoms with Crippen molar-refractivity contribution in [2.75, 3.05) is 10.0 Å². The predicted octanol–water partition coefficient (Wildman–Crippen LogP) is 2.19. The SMILES string of the molecule is Cc1[nH]c(=O)sc1C(=O)Nc1ccc(S(=O)(=O)Nc2ccccn2)cc1. The lowest BCUT2D eigenvalue weighted by atomic mass is 10.3. The van der Waals surface area contributed by atoms with Crippen molar-refractivity contribution in [3.63, 3.8) is 0 Å². The van der Waals surface area contributed by atoms with Crippen molar-refractivity contribution in [3.8, 4) is 0 Å². The van der Waals surface area contributed by atoms with Gasteiger partial charge in [-0.3, -0.25) is 14.3 Å². The summed E-state index contributed by atoms with van der Waals surface area (Å²) in [6, 6.07) is 10.6. The molecule has 0 atom stereocenters. The lowest BCUT2D eigenvalue weighted by Gasteiger charge is -2.08. The van der Waals surface area contributed by atoms with Crippen molar-refractivity contribution in [1.82, 2.24) is 9.97 Å². The molecule has 0 aliphatic carbocycles. The molecule has 0 saturated carbocycles. The Hall–Kier alpha value is -2.98. The number of carbonyl (C=O) groups excluding carboxylic acids is 1. The molecule has 3 N–H and O–H groups in total. The molecule has 8 nitrogen and oxygen atoms in total. The van der Waals surface area contributed by atoms with Gasteiger partial charge in [0.25, 0.3) is 15.9 Å². The average Bonchev–Trinajstić information content (AvgIpc) is 2.94. The third-order valence-corrected chi connectivity index (χ3v) is 5.71. The van der Waals surface area contributed by atoms with E-state index < -0.39 is 15.9 Å². The van der Waals surface area contributed by atoms with Crippen molar-refractivity contribution in [2.24, 2.45) is 0 Å². The van der Waals surface area contributed by atoms with E-state index in [1.807, 2.05) is 0 Å². The van der Waals surface area contributed by atoms with Crippen molar-refractivity contribution in [3.05, 3.63) is 68.9 Å². The summed E-state index contributed by atoms with van der Waals surface area (Å²) in [5.74, 6) is -0.226. The van der Waals surface area contributed by atoms with Gasteiger partial charge in [-0.25, -0.2) is 13.4 Å². The second-order valence-corrected chi connectivity index (χ2v) is 7.93. The van der Waals surface area contributed by atoms with Gasteiger partial charge in [-0.2, -0.15) is 0 Å². The molecule has 0 unspecified atom stereocenters. The number of nitrogens with zero attached hydrogens (tertiary/aromatic N) is 1. The summed E-state index contributed by atoms with van der Waals surface area (Å²) in [4.78, 5) is 29.9. The Morgan fingerprint density at radius 1 is 1.15 bits per heavy atom. The molecule has 26 heavy (non-hydrogen) atoms. The van der Waals surface area contributed by atoms with Crippen LogP contribution >= 0.6 is 11.3 Å². The van der Waals surface area contributed by atoms with Gasteiger partial charge >= 0.3 is 4.87 Å². The van der Waals surface area contributed by atoms with Crippen LogP contribution in [0.2, 0.25) is 0 Å². The number of carbonyl (C=O) groups is 1. The molecule has 10 heteroatoms. The number of hydrogen-bond acceptors (Lipinski definition) is 6. The summed E-state index contributed by atoms with van der Waals surface area (Å²) in [5, 5.41) is 2.63. The molecular weight excluding hydrogens is 376 g/mol. The van der Waals surface area contributed by atoms with E-state index in [-0.39, 0.29) is 20.5 Å². The molecule has 1 aromatic carbocycles. The number of aromatic amines is 1. The number of aromatic nitrogens is 2. The van der Waals surface area contributed by atoms with E-state index in [4.69, 9.17) is 0 Å². The molecule has 0 aliphatic rings. The highest BCUT2D eigenvalue weighted by molar-refractivity contribution is 7.92. The maximum atomic E-state index is 12.3. The minimum atomic E-state index is -3.78. The summed E-state index contributed by atoms with van der Waals surface area (Å²) < 4.78 is 27.0. The van der Waals surface area contributed by atoms with Crippen LogP contribution in [0, 0.1) is 6.92 Å². The fraction of sp³-hybridized carbons (Fsp3) is 0.0625. The fourth-order valence-corrected chi connectivity index (χ4v) is 3.89. The third-order valence-electron chi connectivity index (χ3n) is 3.36. The van der Waals surface area contributed by atoms with Crippen LogP contribution in [0.3, 0.4) is 0 Å². The maximum Gasteiger partial charge on any atom is 0.305 e. The Morgan fingerprint density at radius 3 is 2.46 bits per heavy atom. The van der Waals surface area contributed by atoms with Crippen LogP contribution in [0.4, 0.5) is 11.5 Å². The van der Waals surface area contributed by atoms with E-state index >= 15 is 0 Å². The highest BCUT2D eigenvalue weighted by Crippen LogP contribution is 2.18. The van der Waals surface area contributed by atoms with Crippen LogP contribution in [0.15, 0.2) is 58.4 Å². The van der Waals surface area contributed by atoms with Crippen LogP contribution in [-0.2, 0) is 10.0 Å². The number of amides is 1. The van der Waals surface area contributed by atoms with Crippen LogP contribution < -0.4 is 14.9 Å². The molecule has 3 rings (SSSR count). The van der Waals surface area contributed by atoms with Gasteiger partial charge in [0.2, 0.25) is 0 Å². The molecule has 0 saturated heterocycles. The molecule has 1 amide bonds. The van der Waals surface area contributed by atoms with E-state index in [1.54, 1.807) is 19.1 Å². The summed E-state index contributed by atoms with van der Waals surface area (Å²) in [7, 11) is -3.78. The highest BCUT2D eigenvalue weighted by atomic mass is 32.2. The van der Waals surface area contributed by atoms with Crippen LogP contribution in [0.5, 0.6) is 0 Å². The fourth-order valence-electron chi connectivity index (χ4n) is 2.15. The third kappa shape index (κ3) is 3.98. The van der Waals surface area contributed by atoms with Gasteiger partial charge in [-0.05, 0) is 43.3 Å². The first kappa shape index (κ1) is 17.8. The van der Waals surface area contributed by atoms with Gasteiger partial charge in [-0.1, -0.05) is 17.4 Å². The summed E-state index contributed by atoms with van der Waals surface area (Å²) in [6.45, 7) is 1.63. The second kappa shape index (κ2) is 7.10. The smallest absolute Gasteiger partial charge is 0.305 e. The molecule has 0 spiro atoms. The number of sulfonamides is 1. The van der Waals surface area contributed by atoms with E-state index in [0.717, 1.165) is 11.3 Å². The summed E-state index contributed by atoms with van der Waals surface area (Å²) >= 11 is 0.814. The maximum absolute atomic E-state index is 12.3. The summed E-state index contributed by atoms with van der Waals surface area (Å²) in [5.41, 5.74) is 0.892. The first-order valence-corrected chi connectivity index (χ1v) is 9.70. The minimum absolute atomic E-state index is 0.0311. The zero-order valence-electron chi connectivity index (χ0n) is 13.5. The standard InChI is InChI=1S/C16H14N4O4S2/c1-10-14(25-16(22)18-10)15(21)19-11-5-7-12(8-6-11)26(23,24)20-13-4-2-3-9-17-13/h2-9H,1H3,(H,17,20)(H,18,22)(H,19,21). The minimum Gasteiger partial charge on any atom is -0.321 e. The predicted molar refractivity (Wildman–Crippen MR) is 99.1 cm³/mol. The molecule has 2 aromatic heterocycles. The Morgan fingerprint density at radius 2 is 1.88 bits per heavy atom. The Bertz CT molecular complexity index is 1090. The molecule has 3 aromatic rings. The monoisotopic (exact) mass is 390 g/mol. The number of anilines is 2. The Kier molecular flexibility index (Phi) is 4.87. The average molecular weight is 390 g/mol. The van der Waals surface area contributed by atoms with E-state index in [9.17, 15) is 18.0 Å². The number of pyridine rings is 1. The molecule has 0 aliphatic heterocycles. The van der Waals surface area contributed by atoms with Crippen molar-refractivity contribution in [1.29, 1.82) is 0 Å². The molecule has 2 heterocycles. The number of thiazole rings is 1. The topological polar surface area (TPSA) is 121 Å². The van der Waals surface area contributed by atoms with Crippen molar-refractivity contribution < 1.29 is 13.2 Å². The Labute approximate surface area is 153 Å². The van der Waals surface area contributed by atoms with Crippen LogP contribution in [-0.4, -0.2) is 24.3 Å². The largest absolute Gasteiger partial charge is 0.321 e. The van der Waals surface area contributed by atoms with Gasteiger partial charge in [0.1, 0.15) is 10.7 Å². The quantitative estimate of drug-likeness (QED) is 0.617. The van der Waals surface area contributed by atoms with Gasteiger partial charge < -0.3 is 10.3 Å². The number of H-pyrrole nitrogens is 1. The zero-order chi connectivity index (χ0) is 18.7. The van der Waals surface area contributed by atoms with E-state index in [0.29, 0.717) is 11.4 Å². The number of aryl methyl sites for hydroxylation is 1. The van der Waals surface area contributed by atoms with E-state index in [2.05, 4.69) is 20.0 Å². The highest BCUT2D eigenvalue weighted by Gasteiger charge is 2.16. The Balaban J connectivity index is 1.75. The van der Waals surface area contributed by atoms with E-state index in [1.165, 1.54) is 36.5 Å². The first-order chi connectivity index (χ1) is 12.3. The van der Waals surface area contributed by atoms with Crippen molar-refractivity contribution >= 4 is 38.8 Å².